The van der Waals surface area contributed by atoms with Crippen LogP contribution in [-0.4, -0.2) is 31.0 Å². The van der Waals surface area contributed by atoms with Gasteiger partial charge in [-0.15, -0.1) is 11.3 Å². The lowest BCUT2D eigenvalue weighted by Gasteiger charge is -2.10. The van der Waals surface area contributed by atoms with Gasteiger partial charge in [-0.1, -0.05) is 11.6 Å². The number of nitrogens with zero attached hydrogens (tertiary/aromatic N) is 2. The Morgan fingerprint density at radius 2 is 2.00 bits per heavy atom. The van der Waals surface area contributed by atoms with E-state index in [1.165, 1.54) is 41.8 Å². The summed E-state index contributed by atoms with van der Waals surface area (Å²) in [6.07, 6.45) is 3.29. The van der Waals surface area contributed by atoms with E-state index in [4.69, 9.17) is 16.3 Å². The van der Waals surface area contributed by atoms with E-state index in [1.807, 2.05) is 12.1 Å². The summed E-state index contributed by atoms with van der Waals surface area (Å²) in [5.41, 5.74) is 1.25. The molecule has 2 N–H and O–H groups in total. The van der Waals surface area contributed by atoms with Crippen molar-refractivity contribution in [1.29, 1.82) is 0 Å². The van der Waals surface area contributed by atoms with Gasteiger partial charge in [0.25, 0.3) is 10.0 Å². The number of methoxy groups -OCH3 is 1. The predicted molar refractivity (Wildman–Crippen MR) is 121 cm³/mol. The average Bonchev–Trinajstić information content (AvgIpc) is 3.38. The normalized spacial score (nSPS) is 11.4. The van der Waals surface area contributed by atoms with Crippen LogP contribution >= 0.6 is 22.9 Å². The third-order valence-corrected chi connectivity index (χ3v) is 6.95. The summed E-state index contributed by atoms with van der Waals surface area (Å²) < 4.78 is 34.2. The van der Waals surface area contributed by atoms with Gasteiger partial charge in [-0.05, 0) is 36.4 Å². The number of carbonyl (C=O) groups is 1. The summed E-state index contributed by atoms with van der Waals surface area (Å²) in [5.74, 6) is 0.328. The summed E-state index contributed by atoms with van der Waals surface area (Å²) in [6, 6.07) is 11.3. The van der Waals surface area contributed by atoms with Gasteiger partial charge in [-0.25, -0.2) is 13.4 Å². The molecular weight excluding hydrogens is 460 g/mol. The Morgan fingerprint density at radius 3 is 2.68 bits per heavy atom. The van der Waals surface area contributed by atoms with Crippen molar-refractivity contribution in [3.8, 4) is 5.75 Å². The van der Waals surface area contributed by atoms with Gasteiger partial charge in [0.2, 0.25) is 5.91 Å². The number of sulfonamides is 1. The van der Waals surface area contributed by atoms with Gasteiger partial charge < -0.3 is 14.6 Å². The average molecular weight is 477 g/mol. The van der Waals surface area contributed by atoms with Crippen LogP contribution in [0.25, 0.3) is 10.9 Å². The molecule has 4 aromatic rings. The molecule has 0 unspecified atom stereocenters. The number of anilines is 2. The number of benzene rings is 2. The second-order valence-corrected chi connectivity index (χ2v) is 9.49. The van der Waals surface area contributed by atoms with Crippen molar-refractivity contribution in [1.82, 2.24) is 9.55 Å². The summed E-state index contributed by atoms with van der Waals surface area (Å²) in [4.78, 5) is 16.5. The molecule has 2 aromatic carbocycles. The Bertz CT molecular complexity index is 1330. The number of carbonyl (C=O) groups excluding carboxylic acids is 1. The lowest BCUT2D eigenvalue weighted by molar-refractivity contribution is -0.116. The van der Waals surface area contributed by atoms with Gasteiger partial charge in [0.15, 0.2) is 5.13 Å². The van der Waals surface area contributed by atoms with Crippen LogP contribution in [0.5, 0.6) is 5.75 Å². The molecule has 2 aromatic heterocycles. The zero-order valence-corrected chi connectivity index (χ0v) is 18.6. The minimum atomic E-state index is -3.75. The molecule has 0 radical (unpaired) electrons. The number of rotatable bonds is 7. The maximum atomic E-state index is 12.5. The Balaban J connectivity index is 1.46. The Hall–Kier alpha value is -3.08. The van der Waals surface area contributed by atoms with Crippen molar-refractivity contribution < 1.29 is 17.9 Å². The molecule has 160 valence electrons. The molecule has 0 saturated heterocycles. The van der Waals surface area contributed by atoms with E-state index in [0.29, 0.717) is 16.5 Å². The van der Waals surface area contributed by atoms with Crippen molar-refractivity contribution in [2.45, 2.75) is 11.4 Å². The monoisotopic (exact) mass is 476 g/mol. The topological polar surface area (TPSA) is 102 Å². The van der Waals surface area contributed by atoms with E-state index >= 15 is 0 Å². The zero-order valence-electron chi connectivity index (χ0n) is 16.2. The minimum absolute atomic E-state index is 0.0542. The van der Waals surface area contributed by atoms with E-state index in [0.717, 1.165) is 10.9 Å². The summed E-state index contributed by atoms with van der Waals surface area (Å²) in [6.45, 7) is 0.0542. The van der Waals surface area contributed by atoms with E-state index in [-0.39, 0.29) is 22.5 Å². The Kier molecular flexibility index (Phi) is 5.86. The fourth-order valence-electron chi connectivity index (χ4n) is 3.00. The number of fused-ring (bicyclic) bond motifs is 1. The molecule has 0 bridgehead atoms. The first-order chi connectivity index (χ1) is 14.9. The smallest absolute Gasteiger partial charge is 0.263 e. The lowest BCUT2D eigenvalue weighted by atomic mass is 10.2. The van der Waals surface area contributed by atoms with Gasteiger partial charge in [-0.2, -0.15) is 0 Å². The minimum Gasteiger partial charge on any atom is -0.497 e. The molecule has 4 rings (SSSR count). The van der Waals surface area contributed by atoms with Crippen molar-refractivity contribution in [3.63, 3.8) is 0 Å². The second kappa shape index (κ2) is 8.58. The van der Waals surface area contributed by atoms with Crippen LogP contribution in [0.15, 0.2) is 65.1 Å². The number of ether oxygens (including phenoxy) is 1. The van der Waals surface area contributed by atoms with Crippen LogP contribution in [-0.2, 0) is 21.4 Å². The number of hydrogen-bond donors (Lipinski definition) is 2. The van der Waals surface area contributed by atoms with E-state index < -0.39 is 10.0 Å². The largest absolute Gasteiger partial charge is 0.497 e. The van der Waals surface area contributed by atoms with Gasteiger partial charge in [0.05, 0.1) is 22.5 Å². The molecule has 0 spiro atoms. The molecule has 8 nitrogen and oxygen atoms in total. The van der Waals surface area contributed by atoms with Crippen LogP contribution in [0.3, 0.4) is 0 Å². The van der Waals surface area contributed by atoms with E-state index in [1.54, 1.807) is 29.3 Å². The number of amides is 1. The molecule has 2 heterocycles. The third-order valence-electron chi connectivity index (χ3n) is 4.46. The first-order valence-electron chi connectivity index (χ1n) is 9.00. The highest BCUT2D eigenvalue weighted by molar-refractivity contribution is 7.93. The standard InChI is InChI=1S/C20H17ClN4O4S2/c1-29-14-10-17(21)16-6-8-25(18(16)11-14)12-19(26)23-13-2-4-15(5-3-13)31(27,28)24-20-22-7-9-30-20/h2-11H,12H2,1H3,(H,22,24)(H,23,26). The number of halogens is 1. The van der Waals surface area contributed by atoms with Crippen molar-refractivity contribution in [2.75, 3.05) is 17.1 Å². The highest BCUT2D eigenvalue weighted by atomic mass is 35.5. The first kappa shape index (κ1) is 21.2. The van der Waals surface area contributed by atoms with Crippen molar-refractivity contribution in [3.05, 3.63) is 65.3 Å². The summed E-state index contributed by atoms with van der Waals surface area (Å²) >= 11 is 7.45. The quantitative estimate of drug-likeness (QED) is 0.416. The molecule has 1 amide bonds. The number of aromatic nitrogens is 2. The van der Waals surface area contributed by atoms with Gasteiger partial charge >= 0.3 is 0 Å². The molecule has 0 aliphatic heterocycles. The molecule has 0 atom stereocenters. The highest BCUT2D eigenvalue weighted by Gasteiger charge is 2.16. The molecule has 0 aliphatic rings. The van der Waals surface area contributed by atoms with E-state index in [2.05, 4.69) is 15.0 Å². The van der Waals surface area contributed by atoms with E-state index in [9.17, 15) is 13.2 Å². The molecule has 31 heavy (non-hydrogen) atoms. The fourth-order valence-corrected chi connectivity index (χ4v) is 5.06. The molecule has 0 fully saturated rings. The highest BCUT2D eigenvalue weighted by Crippen LogP contribution is 2.30. The number of nitrogens with one attached hydrogen (secondary N) is 2. The van der Waals surface area contributed by atoms with Crippen molar-refractivity contribution >= 4 is 60.6 Å². The van der Waals surface area contributed by atoms with Crippen molar-refractivity contribution in [2.24, 2.45) is 0 Å². The molecular formula is C20H17ClN4O4S2. The third kappa shape index (κ3) is 4.66. The summed E-state index contributed by atoms with van der Waals surface area (Å²) in [7, 11) is -2.20. The Morgan fingerprint density at radius 1 is 1.23 bits per heavy atom. The van der Waals surface area contributed by atoms with Crippen LogP contribution in [0.1, 0.15) is 0 Å². The Labute approximate surface area is 187 Å². The van der Waals surface area contributed by atoms with Gasteiger partial charge in [0.1, 0.15) is 12.3 Å². The second-order valence-electron chi connectivity index (χ2n) is 6.50. The van der Waals surface area contributed by atoms with Crippen LogP contribution in [0.4, 0.5) is 10.8 Å². The molecule has 0 aliphatic carbocycles. The van der Waals surface area contributed by atoms with Crippen LogP contribution in [0, 0.1) is 0 Å². The van der Waals surface area contributed by atoms with Crippen LogP contribution in [0.2, 0.25) is 5.02 Å². The first-order valence-corrected chi connectivity index (χ1v) is 11.7. The molecule has 0 saturated carbocycles. The molecule has 11 heteroatoms. The lowest BCUT2D eigenvalue weighted by Crippen LogP contribution is -2.18. The maximum absolute atomic E-state index is 12.5. The van der Waals surface area contributed by atoms with Crippen LogP contribution < -0.4 is 14.8 Å². The number of thiazole rings is 1. The maximum Gasteiger partial charge on any atom is 0.263 e. The van der Waals surface area contributed by atoms with Gasteiger partial charge in [-0.3, -0.25) is 9.52 Å². The number of hydrogen-bond acceptors (Lipinski definition) is 6. The predicted octanol–water partition coefficient (Wildman–Crippen LogP) is 4.20. The SMILES string of the molecule is COc1cc(Cl)c2ccn(CC(=O)Nc3ccc(S(=O)(=O)Nc4nccs4)cc3)c2c1. The fraction of sp³-hybridized carbons (Fsp3) is 0.100. The van der Waals surface area contributed by atoms with Gasteiger partial charge in [0, 0.05) is 34.9 Å². The zero-order chi connectivity index (χ0) is 22.0. The summed E-state index contributed by atoms with van der Waals surface area (Å²) in [5, 5.41) is 6.08.